The smallest absolute Gasteiger partial charge is 0.260 e. The van der Waals surface area contributed by atoms with Crippen LogP contribution < -0.4 is 4.90 Å². The molecule has 1 saturated heterocycles. The van der Waals surface area contributed by atoms with E-state index in [9.17, 15) is 13.2 Å². The molecule has 1 fully saturated rings. The molecule has 1 amide bonds. The minimum Gasteiger partial charge on any atom is -0.279 e. The van der Waals surface area contributed by atoms with E-state index in [0.717, 1.165) is 41.5 Å². The number of anilines is 1. The van der Waals surface area contributed by atoms with E-state index in [1.807, 2.05) is 54.6 Å². The second kappa shape index (κ2) is 10.3. The highest BCUT2D eigenvalue weighted by Crippen LogP contribution is 2.31. The molecule has 0 unspecified atom stereocenters. The Balaban J connectivity index is 1.45. The lowest BCUT2D eigenvalue weighted by molar-refractivity contribution is 0.0985. The second-order valence-corrected chi connectivity index (χ2v) is 11.6. The quantitative estimate of drug-likeness (QED) is 0.337. The molecule has 4 aromatic rings. The normalized spacial score (nSPS) is 15.1. The first-order valence-electron chi connectivity index (χ1n) is 11.8. The molecular weight excluding hydrogens is 478 g/mol. The number of sulfonamides is 1. The summed E-state index contributed by atoms with van der Waals surface area (Å²) < 4.78 is 28.9. The van der Waals surface area contributed by atoms with Gasteiger partial charge in [-0.1, -0.05) is 66.6 Å². The summed E-state index contributed by atoms with van der Waals surface area (Å²) in [4.78, 5) is 20.3. The molecule has 3 aromatic carbocycles. The third-order valence-electron chi connectivity index (χ3n) is 6.25. The molecule has 0 N–H and O–H groups in total. The van der Waals surface area contributed by atoms with E-state index in [4.69, 9.17) is 4.98 Å². The van der Waals surface area contributed by atoms with Gasteiger partial charge < -0.3 is 0 Å². The van der Waals surface area contributed by atoms with Crippen LogP contribution in [0.3, 0.4) is 0 Å². The summed E-state index contributed by atoms with van der Waals surface area (Å²) in [6, 6.07) is 23.9. The van der Waals surface area contributed by atoms with Crippen molar-refractivity contribution in [2.45, 2.75) is 37.1 Å². The number of amides is 1. The predicted molar refractivity (Wildman–Crippen MR) is 140 cm³/mol. The summed E-state index contributed by atoms with van der Waals surface area (Å²) in [5.74, 6) is -0.216. The van der Waals surface area contributed by atoms with Crippen LogP contribution in [0.1, 0.15) is 41.6 Å². The Bertz CT molecular complexity index is 1380. The van der Waals surface area contributed by atoms with Crippen molar-refractivity contribution in [3.05, 3.63) is 90.0 Å². The molecule has 8 heteroatoms. The molecule has 0 aliphatic carbocycles. The fourth-order valence-corrected chi connectivity index (χ4v) is 6.80. The molecular formula is C27H27N3O3S2. The summed E-state index contributed by atoms with van der Waals surface area (Å²) in [7, 11) is -3.57. The predicted octanol–water partition coefficient (Wildman–Crippen LogP) is 5.71. The lowest BCUT2D eigenvalue weighted by Crippen LogP contribution is -2.32. The number of para-hydroxylation sites is 1. The molecule has 1 aromatic heterocycles. The standard InChI is InChI=1S/C27H27N3O3S2/c31-26(22-14-16-23(17-15-22)35(32,33)29-18-8-1-2-9-19-29)30(20-21-10-4-3-5-11-21)27-28-24-12-6-7-13-25(24)34-27/h3-7,10-17H,1-2,8-9,18-20H2. The molecule has 1 aliphatic heterocycles. The third kappa shape index (κ3) is 5.15. The van der Waals surface area contributed by atoms with Gasteiger partial charge in [0.25, 0.3) is 5.91 Å². The number of benzene rings is 3. The number of carbonyl (C=O) groups excluding carboxylic acids is 1. The van der Waals surface area contributed by atoms with Crippen molar-refractivity contribution in [1.82, 2.24) is 9.29 Å². The van der Waals surface area contributed by atoms with E-state index in [1.54, 1.807) is 33.5 Å². The summed E-state index contributed by atoms with van der Waals surface area (Å²) >= 11 is 1.47. The van der Waals surface area contributed by atoms with Crippen molar-refractivity contribution in [3.63, 3.8) is 0 Å². The van der Waals surface area contributed by atoms with Crippen LogP contribution in [0.2, 0.25) is 0 Å². The van der Waals surface area contributed by atoms with Crippen molar-refractivity contribution in [2.75, 3.05) is 18.0 Å². The summed E-state index contributed by atoms with van der Waals surface area (Å²) in [5.41, 5.74) is 2.26. The van der Waals surface area contributed by atoms with Gasteiger partial charge in [-0.25, -0.2) is 13.4 Å². The van der Waals surface area contributed by atoms with Crippen molar-refractivity contribution in [3.8, 4) is 0 Å². The molecule has 1 aliphatic rings. The monoisotopic (exact) mass is 505 g/mol. The average Bonchev–Trinajstić information content (AvgIpc) is 3.11. The first kappa shape index (κ1) is 23.7. The molecule has 35 heavy (non-hydrogen) atoms. The largest absolute Gasteiger partial charge is 0.279 e. The van der Waals surface area contributed by atoms with Gasteiger partial charge in [0.2, 0.25) is 10.0 Å². The maximum Gasteiger partial charge on any atom is 0.260 e. The fourth-order valence-electron chi connectivity index (χ4n) is 4.32. The van der Waals surface area contributed by atoms with E-state index in [-0.39, 0.29) is 10.8 Å². The van der Waals surface area contributed by atoms with Crippen LogP contribution >= 0.6 is 11.3 Å². The lowest BCUT2D eigenvalue weighted by atomic mass is 10.1. The van der Waals surface area contributed by atoms with Crippen LogP contribution in [-0.2, 0) is 16.6 Å². The highest BCUT2D eigenvalue weighted by atomic mass is 32.2. The van der Waals surface area contributed by atoms with Gasteiger partial charge in [-0.05, 0) is 54.8 Å². The van der Waals surface area contributed by atoms with Crippen LogP contribution in [0, 0.1) is 0 Å². The van der Waals surface area contributed by atoms with Gasteiger partial charge in [-0.15, -0.1) is 0 Å². The summed E-state index contributed by atoms with van der Waals surface area (Å²) in [6.45, 7) is 1.46. The van der Waals surface area contributed by atoms with Gasteiger partial charge in [-0.3, -0.25) is 9.69 Å². The maximum atomic E-state index is 13.7. The van der Waals surface area contributed by atoms with Gasteiger partial charge >= 0.3 is 0 Å². The Morgan fingerprint density at radius 1 is 0.857 bits per heavy atom. The number of carbonyl (C=O) groups is 1. The molecule has 0 bridgehead atoms. The van der Waals surface area contributed by atoms with Gasteiger partial charge in [-0.2, -0.15) is 4.31 Å². The molecule has 0 atom stereocenters. The van der Waals surface area contributed by atoms with E-state index in [2.05, 4.69) is 0 Å². The summed E-state index contributed by atoms with van der Waals surface area (Å²) in [6.07, 6.45) is 3.88. The van der Waals surface area contributed by atoms with E-state index >= 15 is 0 Å². The number of fused-ring (bicyclic) bond motifs is 1. The fraction of sp³-hybridized carbons (Fsp3) is 0.259. The van der Waals surface area contributed by atoms with Gasteiger partial charge in [0.05, 0.1) is 21.7 Å². The topological polar surface area (TPSA) is 70.6 Å². The molecule has 0 saturated carbocycles. The molecule has 5 rings (SSSR count). The Morgan fingerprint density at radius 3 is 2.20 bits per heavy atom. The Morgan fingerprint density at radius 2 is 1.51 bits per heavy atom. The second-order valence-electron chi connectivity index (χ2n) is 8.68. The summed E-state index contributed by atoms with van der Waals surface area (Å²) in [5, 5.41) is 0.612. The first-order valence-corrected chi connectivity index (χ1v) is 14.1. The number of nitrogens with zero attached hydrogens (tertiary/aromatic N) is 3. The van der Waals surface area contributed by atoms with Gasteiger partial charge in [0.1, 0.15) is 0 Å². The molecule has 0 spiro atoms. The van der Waals surface area contributed by atoms with Crippen molar-refractivity contribution >= 4 is 42.6 Å². The highest BCUT2D eigenvalue weighted by Gasteiger charge is 2.26. The SMILES string of the molecule is O=C(c1ccc(S(=O)(=O)N2CCCCCC2)cc1)N(Cc1ccccc1)c1nc2ccccc2s1. The zero-order valence-electron chi connectivity index (χ0n) is 19.3. The third-order valence-corrected chi connectivity index (χ3v) is 9.22. The Labute approximate surface area is 209 Å². The Hall–Kier alpha value is -3.07. The van der Waals surface area contributed by atoms with E-state index in [1.165, 1.54) is 11.3 Å². The van der Waals surface area contributed by atoms with E-state index in [0.29, 0.717) is 30.3 Å². The number of hydrogen-bond acceptors (Lipinski definition) is 5. The number of hydrogen-bond donors (Lipinski definition) is 0. The highest BCUT2D eigenvalue weighted by molar-refractivity contribution is 7.89. The van der Waals surface area contributed by atoms with Gasteiger partial charge in [0, 0.05) is 18.7 Å². The number of rotatable bonds is 6. The van der Waals surface area contributed by atoms with Crippen LogP contribution in [0.5, 0.6) is 0 Å². The molecule has 6 nitrogen and oxygen atoms in total. The minimum absolute atomic E-state index is 0.216. The van der Waals surface area contributed by atoms with Gasteiger partial charge in [0.15, 0.2) is 5.13 Å². The van der Waals surface area contributed by atoms with Crippen molar-refractivity contribution in [2.24, 2.45) is 0 Å². The molecule has 0 radical (unpaired) electrons. The van der Waals surface area contributed by atoms with Crippen molar-refractivity contribution < 1.29 is 13.2 Å². The minimum atomic E-state index is -3.57. The lowest BCUT2D eigenvalue weighted by Gasteiger charge is -2.21. The van der Waals surface area contributed by atoms with Crippen LogP contribution in [0.15, 0.2) is 83.8 Å². The zero-order chi connectivity index (χ0) is 24.3. The zero-order valence-corrected chi connectivity index (χ0v) is 21.0. The number of aromatic nitrogens is 1. The van der Waals surface area contributed by atoms with Crippen LogP contribution in [-0.4, -0.2) is 36.7 Å². The number of thiazole rings is 1. The first-order chi connectivity index (χ1) is 17.0. The maximum absolute atomic E-state index is 13.7. The van der Waals surface area contributed by atoms with Crippen LogP contribution in [0.4, 0.5) is 5.13 Å². The van der Waals surface area contributed by atoms with Crippen molar-refractivity contribution in [1.29, 1.82) is 0 Å². The van der Waals surface area contributed by atoms with Crippen LogP contribution in [0.25, 0.3) is 10.2 Å². The molecule has 180 valence electrons. The Kier molecular flexibility index (Phi) is 6.95. The van der Waals surface area contributed by atoms with E-state index < -0.39 is 10.0 Å². The average molecular weight is 506 g/mol. The molecule has 2 heterocycles.